The van der Waals surface area contributed by atoms with Crippen molar-refractivity contribution in [3.8, 4) is 0 Å². The zero-order chi connectivity index (χ0) is 12.5. The number of nitrogens with two attached hydrogens (primary N) is 2. The molecule has 94 valence electrons. The van der Waals surface area contributed by atoms with E-state index in [0.29, 0.717) is 0 Å². The molecular weight excluding hydrogens is 258 g/mol. The third kappa shape index (κ3) is 5.83. The Morgan fingerprint density at radius 3 is 2.88 bits per heavy atom. The summed E-state index contributed by atoms with van der Waals surface area (Å²) in [6.45, 7) is 0.950. The Kier molecular flexibility index (Phi) is 6.87. The standard InChI is InChI=1S/C10H15N3O2S2/c11-10(14)15-7-8-3-1-2-4-9(8)17-16-6-5-13-12/h1-4,13H,5-7,12H2,(H2,11,14). The second-order valence-corrected chi connectivity index (χ2v) is 5.53. The second-order valence-electron chi connectivity index (χ2n) is 3.07. The molecule has 0 bridgehead atoms. The van der Waals surface area contributed by atoms with Gasteiger partial charge in [0.2, 0.25) is 0 Å². The Bertz CT molecular complexity index is 363. The first-order chi connectivity index (χ1) is 8.24. The minimum absolute atomic E-state index is 0.203. The molecule has 0 radical (unpaired) electrons. The molecule has 0 fully saturated rings. The fraction of sp³-hybridized carbons (Fsp3) is 0.300. The Labute approximate surface area is 108 Å². The van der Waals surface area contributed by atoms with E-state index in [4.69, 9.17) is 16.3 Å². The van der Waals surface area contributed by atoms with Crippen molar-refractivity contribution >= 4 is 27.7 Å². The van der Waals surface area contributed by atoms with Crippen molar-refractivity contribution in [2.24, 2.45) is 11.6 Å². The SMILES string of the molecule is NNCCSSc1ccccc1COC(N)=O. The van der Waals surface area contributed by atoms with Crippen LogP contribution in [0.15, 0.2) is 29.2 Å². The van der Waals surface area contributed by atoms with Crippen molar-refractivity contribution in [3.05, 3.63) is 29.8 Å². The largest absolute Gasteiger partial charge is 0.445 e. The van der Waals surface area contributed by atoms with Gasteiger partial charge in [0.15, 0.2) is 0 Å². The molecular formula is C10H15N3O2S2. The molecule has 0 aliphatic heterocycles. The molecule has 0 atom stereocenters. The predicted molar refractivity (Wildman–Crippen MR) is 71.3 cm³/mol. The summed E-state index contributed by atoms with van der Waals surface area (Å²) in [5, 5.41) is 0. The van der Waals surface area contributed by atoms with Crippen LogP contribution in [0, 0.1) is 0 Å². The Balaban J connectivity index is 2.48. The summed E-state index contributed by atoms with van der Waals surface area (Å²) in [7, 11) is 3.31. The molecule has 1 aromatic carbocycles. The zero-order valence-corrected chi connectivity index (χ0v) is 10.9. The highest BCUT2D eigenvalue weighted by Gasteiger charge is 2.04. The van der Waals surface area contributed by atoms with Gasteiger partial charge in [0.25, 0.3) is 0 Å². The van der Waals surface area contributed by atoms with E-state index in [1.165, 1.54) is 0 Å². The first kappa shape index (κ1) is 14.2. The number of hydrogen-bond acceptors (Lipinski definition) is 6. The Morgan fingerprint density at radius 1 is 1.41 bits per heavy atom. The molecule has 0 aliphatic carbocycles. The van der Waals surface area contributed by atoms with Crippen molar-refractivity contribution in [1.82, 2.24) is 5.43 Å². The first-order valence-electron chi connectivity index (χ1n) is 4.97. The van der Waals surface area contributed by atoms with E-state index in [1.54, 1.807) is 21.6 Å². The van der Waals surface area contributed by atoms with Gasteiger partial charge in [-0.2, -0.15) is 0 Å². The number of carbonyl (C=O) groups is 1. The van der Waals surface area contributed by atoms with Gasteiger partial charge in [0.05, 0.1) is 0 Å². The Hall–Kier alpha value is -0.890. The number of primary amides is 1. The summed E-state index contributed by atoms with van der Waals surface area (Å²) >= 11 is 0. The van der Waals surface area contributed by atoms with Crippen molar-refractivity contribution < 1.29 is 9.53 Å². The van der Waals surface area contributed by atoms with E-state index >= 15 is 0 Å². The number of rotatable bonds is 7. The predicted octanol–water partition coefficient (Wildman–Crippen LogP) is 1.49. The lowest BCUT2D eigenvalue weighted by atomic mass is 10.2. The molecule has 17 heavy (non-hydrogen) atoms. The van der Waals surface area contributed by atoms with Gasteiger partial charge in [0.1, 0.15) is 6.61 Å². The number of hydrogen-bond donors (Lipinski definition) is 3. The lowest BCUT2D eigenvalue weighted by Crippen LogP contribution is -2.24. The van der Waals surface area contributed by atoms with E-state index < -0.39 is 6.09 Å². The third-order valence-corrected chi connectivity index (χ3v) is 4.28. The summed E-state index contributed by atoms with van der Waals surface area (Å²) in [6, 6.07) is 7.73. The van der Waals surface area contributed by atoms with Gasteiger partial charge in [-0.15, -0.1) is 0 Å². The normalized spacial score (nSPS) is 10.2. The maximum Gasteiger partial charge on any atom is 0.404 e. The Morgan fingerprint density at radius 2 is 2.18 bits per heavy atom. The molecule has 0 aliphatic rings. The molecule has 0 heterocycles. The zero-order valence-electron chi connectivity index (χ0n) is 9.22. The average Bonchev–Trinajstić information content (AvgIpc) is 2.33. The summed E-state index contributed by atoms with van der Waals surface area (Å²) in [6.07, 6.45) is -0.759. The van der Waals surface area contributed by atoms with E-state index in [9.17, 15) is 4.79 Å². The van der Waals surface area contributed by atoms with Crippen molar-refractivity contribution in [2.45, 2.75) is 11.5 Å². The monoisotopic (exact) mass is 273 g/mol. The number of hydrazine groups is 1. The maximum absolute atomic E-state index is 10.5. The molecule has 0 aromatic heterocycles. The molecule has 1 amide bonds. The molecule has 1 rings (SSSR count). The number of amides is 1. The van der Waals surface area contributed by atoms with Crippen LogP contribution in [0.4, 0.5) is 4.79 Å². The van der Waals surface area contributed by atoms with Gasteiger partial charge in [0, 0.05) is 22.8 Å². The molecule has 0 saturated heterocycles. The van der Waals surface area contributed by atoms with Crippen molar-refractivity contribution in [1.29, 1.82) is 0 Å². The summed E-state index contributed by atoms with van der Waals surface area (Å²) < 4.78 is 4.78. The molecule has 0 spiro atoms. The van der Waals surface area contributed by atoms with E-state index in [2.05, 4.69) is 5.43 Å². The smallest absolute Gasteiger partial charge is 0.404 e. The fourth-order valence-corrected chi connectivity index (χ4v) is 3.21. The molecule has 5 N–H and O–H groups in total. The molecule has 7 heteroatoms. The van der Waals surface area contributed by atoms with Gasteiger partial charge in [-0.25, -0.2) is 4.79 Å². The highest BCUT2D eigenvalue weighted by molar-refractivity contribution is 8.76. The second kappa shape index (κ2) is 8.24. The van der Waals surface area contributed by atoms with Gasteiger partial charge in [-0.3, -0.25) is 11.3 Å². The molecule has 0 saturated carbocycles. The van der Waals surface area contributed by atoms with E-state index in [-0.39, 0.29) is 6.61 Å². The number of carbonyl (C=O) groups excluding carboxylic acids is 1. The minimum atomic E-state index is -0.759. The minimum Gasteiger partial charge on any atom is -0.445 e. The fourth-order valence-electron chi connectivity index (χ4n) is 1.06. The van der Waals surface area contributed by atoms with Gasteiger partial charge >= 0.3 is 6.09 Å². The van der Waals surface area contributed by atoms with Crippen molar-refractivity contribution in [3.63, 3.8) is 0 Å². The molecule has 5 nitrogen and oxygen atoms in total. The lowest BCUT2D eigenvalue weighted by molar-refractivity contribution is 0.149. The summed E-state index contributed by atoms with van der Waals surface area (Å²) in [5.74, 6) is 6.07. The number of ether oxygens (including phenoxy) is 1. The van der Waals surface area contributed by atoms with Crippen LogP contribution in [-0.2, 0) is 11.3 Å². The topological polar surface area (TPSA) is 90.4 Å². The lowest BCUT2D eigenvalue weighted by Gasteiger charge is -2.08. The van der Waals surface area contributed by atoms with E-state index in [0.717, 1.165) is 22.8 Å². The van der Waals surface area contributed by atoms with Crippen LogP contribution in [0.5, 0.6) is 0 Å². The van der Waals surface area contributed by atoms with Crippen LogP contribution < -0.4 is 17.0 Å². The van der Waals surface area contributed by atoms with Crippen LogP contribution in [0.25, 0.3) is 0 Å². The molecule has 0 unspecified atom stereocenters. The number of nitrogens with one attached hydrogen (secondary N) is 1. The van der Waals surface area contributed by atoms with E-state index in [1.807, 2.05) is 24.3 Å². The highest BCUT2D eigenvalue weighted by Crippen LogP contribution is 2.33. The average molecular weight is 273 g/mol. The van der Waals surface area contributed by atoms with Crippen LogP contribution >= 0.6 is 21.6 Å². The van der Waals surface area contributed by atoms with Gasteiger partial charge < -0.3 is 10.5 Å². The van der Waals surface area contributed by atoms with Crippen LogP contribution in [0.3, 0.4) is 0 Å². The third-order valence-electron chi connectivity index (χ3n) is 1.82. The van der Waals surface area contributed by atoms with Gasteiger partial charge in [-0.1, -0.05) is 39.8 Å². The first-order valence-corrected chi connectivity index (χ1v) is 7.29. The summed E-state index contributed by atoms with van der Waals surface area (Å²) in [5.41, 5.74) is 8.47. The molecule has 1 aromatic rings. The van der Waals surface area contributed by atoms with Crippen LogP contribution in [-0.4, -0.2) is 18.4 Å². The van der Waals surface area contributed by atoms with Crippen LogP contribution in [0.1, 0.15) is 5.56 Å². The quantitative estimate of drug-likeness (QED) is 0.302. The summed E-state index contributed by atoms with van der Waals surface area (Å²) in [4.78, 5) is 11.6. The van der Waals surface area contributed by atoms with Gasteiger partial charge in [-0.05, 0) is 6.07 Å². The highest BCUT2D eigenvalue weighted by atomic mass is 33.1. The number of benzene rings is 1. The van der Waals surface area contributed by atoms with Crippen molar-refractivity contribution in [2.75, 3.05) is 12.3 Å². The van der Waals surface area contributed by atoms with Crippen LogP contribution in [0.2, 0.25) is 0 Å². The maximum atomic E-state index is 10.5.